The van der Waals surface area contributed by atoms with Gasteiger partial charge in [-0.25, -0.2) is 0 Å². The number of hydrogen-bond acceptors (Lipinski definition) is 4. The number of ether oxygens (including phenoxy) is 1. The van der Waals surface area contributed by atoms with Crippen molar-refractivity contribution in [3.05, 3.63) is 59.4 Å². The van der Waals surface area contributed by atoms with Gasteiger partial charge in [-0.05, 0) is 73.6 Å². The van der Waals surface area contributed by atoms with Gasteiger partial charge in [-0.15, -0.1) is 0 Å². The van der Waals surface area contributed by atoms with Crippen LogP contribution in [-0.4, -0.2) is 35.3 Å². The molecular formula is C20H24N2O3. The highest BCUT2D eigenvalue weighted by atomic mass is 16.5. The first-order valence-electron chi connectivity index (χ1n) is 8.59. The van der Waals surface area contributed by atoms with Gasteiger partial charge in [0.15, 0.2) is 0 Å². The maximum absolute atomic E-state index is 12.8. The predicted octanol–water partition coefficient (Wildman–Crippen LogP) is 2.51. The number of aryl methyl sites for hydroxylation is 1. The molecule has 1 atom stereocenters. The average molecular weight is 340 g/mol. The first-order chi connectivity index (χ1) is 12.1. The molecule has 2 aromatic rings. The van der Waals surface area contributed by atoms with Crippen LogP contribution in [0.2, 0.25) is 0 Å². The van der Waals surface area contributed by atoms with Crippen molar-refractivity contribution in [2.75, 3.05) is 7.11 Å². The molecule has 0 radical (unpaired) electrons. The molecule has 0 spiro atoms. The minimum absolute atomic E-state index is 0.000184. The summed E-state index contributed by atoms with van der Waals surface area (Å²) in [5.74, 6) is 0.954. The van der Waals surface area contributed by atoms with Crippen molar-refractivity contribution in [3.8, 4) is 5.75 Å². The first kappa shape index (κ1) is 17.4. The Balaban J connectivity index is 1.74. The number of methoxy groups -OCH3 is 1. The van der Waals surface area contributed by atoms with Gasteiger partial charge in [-0.3, -0.25) is 9.78 Å². The number of hydrogen-bond donors (Lipinski definition) is 2. The van der Waals surface area contributed by atoms with Crippen LogP contribution < -0.4 is 10.1 Å². The molecule has 5 nitrogen and oxygen atoms in total. The molecule has 2 N–H and O–H groups in total. The molecule has 0 bridgehead atoms. The van der Waals surface area contributed by atoms with Crippen molar-refractivity contribution in [1.82, 2.24) is 10.3 Å². The predicted molar refractivity (Wildman–Crippen MR) is 95.7 cm³/mol. The van der Waals surface area contributed by atoms with E-state index < -0.39 is 0 Å². The Morgan fingerprint density at radius 2 is 2.04 bits per heavy atom. The van der Waals surface area contributed by atoms with E-state index in [0.717, 1.165) is 36.1 Å². The molecule has 1 aliphatic rings. The molecule has 1 heterocycles. The zero-order valence-corrected chi connectivity index (χ0v) is 14.6. The van der Waals surface area contributed by atoms with Gasteiger partial charge in [0.2, 0.25) is 0 Å². The molecule has 5 heteroatoms. The standard InChI is InChI=1S/C20H24N2O3/c1-13-9-17(25-2)3-4-18(13)20(24)22-19(15-11-16(23)12-15)10-14-5-7-21-8-6-14/h3-9,15-16,19,23H,10-12H2,1-2H3,(H,22,24)/t15?,16?,19-/m0/s1. The van der Waals surface area contributed by atoms with Crippen LogP contribution in [0.1, 0.15) is 34.3 Å². The number of nitrogens with zero attached hydrogens (tertiary/aromatic N) is 1. The Kier molecular flexibility index (Phi) is 5.34. The minimum Gasteiger partial charge on any atom is -0.497 e. The van der Waals surface area contributed by atoms with E-state index >= 15 is 0 Å². The molecule has 1 aromatic heterocycles. The zero-order chi connectivity index (χ0) is 17.8. The molecule has 25 heavy (non-hydrogen) atoms. The van der Waals surface area contributed by atoms with Crippen molar-refractivity contribution in [1.29, 1.82) is 0 Å². The van der Waals surface area contributed by atoms with Crippen LogP contribution in [0.15, 0.2) is 42.7 Å². The fourth-order valence-corrected chi connectivity index (χ4v) is 3.33. The molecule has 0 saturated heterocycles. The number of aliphatic hydroxyl groups excluding tert-OH is 1. The van der Waals surface area contributed by atoms with Crippen molar-refractivity contribution in [2.45, 2.75) is 38.3 Å². The Bertz CT molecular complexity index is 727. The summed E-state index contributed by atoms with van der Waals surface area (Å²) in [6.07, 6.45) is 5.48. The van der Waals surface area contributed by atoms with Crippen LogP contribution in [0.25, 0.3) is 0 Å². The second kappa shape index (κ2) is 7.66. The summed E-state index contributed by atoms with van der Waals surface area (Å²) in [4.78, 5) is 16.8. The highest BCUT2D eigenvalue weighted by molar-refractivity contribution is 5.96. The molecule has 1 saturated carbocycles. The van der Waals surface area contributed by atoms with Gasteiger partial charge in [0.05, 0.1) is 13.2 Å². The third-order valence-corrected chi connectivity index (χ3v) is 4.92. The van der Waals surface area contributed by atoms with Gasteiger partial charge < -0.3 is 15.2 Å². The van der Waals surface area contributed by atoms with E-state index in [-0.39, 0.29) is 18.1 Å². The smallest absolute Gasteiger partial charge is 0.251 e. The van der Waals surface area contributed by atoms with Gasteiger partial charge in [0.1, 0.15) is 5.75 Å². The third kappa shape index (κ3) is 4.17. The summed E-state index contributed by atoms with van der Waals surface area (Å²) in [6.45, 7) is 1.91. The summed E-state index contributed by atoms with van der Waals surface area (Å²) in [5, 5.41) is 12.8. The summed E-state index contributed by atoms with van der Waals surface area (Å²) in [7, 11) is 1.61. The number of rotatable bonds is 6. The van der Waals surface area contributed by atoms with Crippen LogP contribution in [-0.2, 0) is 6.42 Å². The van der Waals surface area contributed by atoms with E-state index in [4.69, 9.17) is 4.74 Å². The van der Waals surface area contributed by atoms with Crippen LogP contribution >= 0.6 is 0 Å². The Labute approximate surface area is 148 Å². The molecule has 1 aromatic carbocycles. The number of benzene rings is 1. The highest BCUT2D eigenvalue weighted by Crippen LogP contribution is 2.32. The van der Waals surface area contributed by atoms with E-state index in [1.165, 1.54) is 0 Å². The van der Waals surface area contributed by atoms with Crippen LogP contribution in [0.5, 0.6) is 5.75 Å². The highest BCUT2D eigenvalue weighted by Gasteiger charge is 2.35. The summed E-state index contributed by atoms with van der Waals surface area (Å²) in [5.41, 5.74) is 2.67. The van der Waals surface area contributed by atoms with Gasteiger partial charge in [0, 0.05) is 24.0 Å². The maximum Gasteiger partial charge on any atom is 0.251 e. The van der Waals surface area contributed by atoms with Crippen LogP contribution in [0.3, 0.4) is 0 Å². The van der Waals surface area contributed by atoms with Crippen LogP contribution in [0.4, 0.5) is 0 Å². The van der Waals surface area contributed by atoms with Gasteiger partial charge in [0.25, 0.3) is 5.91 Å². The summed E-state index contributed by atoms with van der Waals surface area (Å²) in [6, 6.07) is 9.38. The second-order valence-electron chi connectivity index (χ2n) is 6.71. The molecule has 132 valence electrons. The van der Waals surface area contributed by atoms with Gasteiger partial charge in [-0.1, -0.05) is 0 Å². The Morgan fingerprint density at radius 1 is 1.32 bits per heavy atom. The van der Waals surface area contributed by atoms with E-state index in [9.17, 15) is 9.90 Å². The molecule has 0 aliphatic heterocycles. The van der Waals surface area contributed by atoms with E-state index in [2.05, 4.69) is 10.3 Å². The fourth-order valence-electron chi connectivity index (χ4n) is 3.33. The number of carbonyl (C=O) groups is 1. The Morgan fingerprint density at radius 3 is 2.64 bits per heavy atom. The third-order valence-electron chi connectivity index (χ3n) is 4.92. The van der Waals surface area contributed by atoms with Crippen molar-refractivity contribution < 1.29 is 14.6 Å². The topological polar surface area (TPSA) is 71.5 Å². The second-order valence-corrected chi connectivity index (χ2v) is 6.71. The quantitative estimate of drug-likeness (QED) is 0.848. The monoisotopic (exact) mass is 340 g/mol. The van der Waals surface area contributed by atoms with Gasteiger partial charge in [-0.2, -0.15) is 0 Å². The lowest BCUT2D eigenvalue weighted by Gasteiger charge is -2.38. The van der Waals surface area contributed by atoms with E-state index in [1.807, 2.05) is 25.1 Å². The van der Waals surface area contributed by atoms with Crippen molar-refractivity contribution in [3.63, 3.8) is 0 Å². The molecule has 1 aliphatic carbocycles. The Hall–Kier alpha value is -2.40. The number of pyridine rings is 1. The van der Waals surface area contributed by atoms with Gasteiger partial charge >= 0.3 is 0 Å². The molecular weight excluding hydrogens is 316 g/mol. The largest absolute Gasteiger partial charge is 0.497 e. The lowest BCUT2D eigenvalue weighted by molar-refractivity contribution is 0.0239. The molecule has 3 rings (SSSR count). The van der Waals surface area contributed by atoms with E-state index in [1.54, 1.807) is 31.6 Å². The number of nitrogens with one attached hydrogen (secondary N) is 1. The molecule has 1 amide bonds. The fraction of sp³-hybridized carbons (Fsp3) is 0.400. The zero-order valence-electron chi connectivity index (χ0n) is 14.6. The number of carbonyl (C=O) groups excluding carboxylic acids is 1. The maximum atomic E-state index is 12.8. The van der Waals surface area contributed by atoms with Crippen LogP contribution in [0, 0.1) is 12.8 Å². The average Bonchev–Trinajstić information content (AvgIpc) is 2.59. The first-order valence-corrected chi connectivity index (χ1v) is 8.59. The molecule has 0 unspecified atom stereocenters. The minimum atomic E-state index is -0.246. The van der Waals surface area contributed by atoms with Crippen molar-refractivity contribution in [2.24, 2.45) is 5.92 Å². The number of aliphatic hydroxyl groups is 1. The number of amides is 1. The lowest BCUT2D eigenvalue weighted by atomic mass is 9.75. The summed E-state index contributed by atoms with van der Waals surface area (Å²) < 4.78 is 5.20. The SMILES string of the molecule is COc1ccc(C(=O)N[C@@H](Cc2ccncc2)C2CC(O)C2)c(C)c1. The normalized spacial score (nSPS) is 20.4. The lowest BCUT2D eigenvalue weighted by Crippen LogP contribution is -2.48. The number of aromatic nitrogens is 1. The summed E-state index contributed by atoms with van der Waals surface area (Å²) >= 11 is 0. The molecule has 1 fully saturated rings. The van der Waals surface area contributed by atoms with Crippen molar-refractivity contribution >= 4 is 5.91 Å². The van der Waals surface area contributed by atoms with E-state index in [0.29, 0.717) is 11.5 Å².